The van der Waals surface area contributed by atoms with Gasteiger partial charge in [0.2, 0.25) is 0 Å². The van der Waals surface area contributed by atoms with Crippen molar-refractivity contribution in [3.05, 3.63) is 93.4 Å². The molecule has 4 aromatic rings. The third-order valence-electron chi connectivity index (χ3n) is 4.18. The predicted molar refractivity (Wildman–Crippen MR) is 113 cm³/mol. The van der Waals surface area contributed by atoms with E-state index in [-0.39, 0.29) is 10.9 Å². The molecular formula is C21H14N4O3S. The smallest absolute Gasteiger partial charge is 0.267 e. The molecule has 2 aromatic carbocycles. The average molecular weight is 402 g/mol. The Morgan fingerprint density at radius 2 is 1.83 bits per heavy atom. The van der Waals surface area contributed by atoms with Crippen LogP contribution in [0.5, 0.6) is 0 Å². The first-order valence-electron chi connectivity index (χ1n) is 8.64. The standard InChI is InChI=1S/C21H14N4O3S/c26-21(24-22-13-15-10-11-20(29-15)25(27)28)17-12-19(14-6-2-1-3-7-14)23-18-9-5-4-8-16(17)18/h1-13H,(H,24,26). The number of carbonyl (C=O) groups excluding carboxylic acids is 1. The zero-order valence-corrected chi connectivity index (χ0v) is 15.8. The van der Waals surface area contributed by atoms with Crippen LogP contribution in [0.25, 0.3) is 22.2 Å². The van der Waals surface area contributed by atoms with Crippen molar-refractivity contribution in [2.75, 3.05) is 0 Å². The number of nitrogens with one attached hydrogen (secondary N) is 1. The first-order chi connectivity index (χ1) is 14.1. The summed E-state index contributed by atoms with van der Waals surface area (Å²) in [6, 6.07) is 21.7. The molecule has 1 N–H and O–H groups in total. The van der Waals surface area contributed by atoms with Crippen molar-refractivity contribution in [2.24, 2.45) is 5.10 Å². The van der Waals surface area contributed by atoms with Gasteiger partial charge in [0.25, 0.3) is 5.91 Å². The topological polar surface area (TPSA) is 97.5 Å². The van der Waals surface area contributed by atoms with Crippen molar-refractivity contribution < 1.29 is 9.72 Å². The van der Waals surface area contributed by atoms with E-state index in [0.717, 1.165) is 16.9 Å². The molecule has 0 aliphatic carbocycles. The van der Waals surface area contributed by atoms with E-state index in [4.69, 9.17) is 0 Å². The van der Waals surface area contributed by atoms with Gasteiger partial charge in [-0.05, 0) is 18.2 Å². The summed E-state index contributed by atoms with van der Waals surface area (Å²) in [5.41, 5.74) is 5.24. The van der Waals surface area contributed by atoms with Crippen molar-refractivity contribution in [3.8, 4) is 11.3 Å². The fraction of sp³-hybridized carbons (Fsp3) is 0. The minimum absolute atomic E-state index is 0.0189. The van der Waals surface area contributed by atoms with Gasteiger partial charge in [0, 0.05) is 17.0 Å². The van der Waals surface area contributed by atoms with Crippen molar-refractivity contribution >= 4 is 39.4 Å². The Hall–Kier alpha value is -3.91. The number of nitro groups is 1. The van der Waals surface area contributed by atoms with Crippen LogP contribution in [0.15, 0.2) is 77.9 Å². The van der Waals surface area contributed by atoms with Gasteiger partial charge in [-0.3, -0.25) is 14.9 Å². The summed E-state index contributed by atoms with van der Waals surface area (Å²) in [6.45, 7) is 0. The molecule has 0 saturated carbocycles. The molecule has 142 valence electrons. The lowest BCUT2D eigenvalue weighted by Gasteiger charge is -2.09. The fourth-order valence-corrected chi connectivity index (χ4v) is 3.54. The monoisotopic (exact) mass is 402 g/mol. The third-order valence-corrected chi connectivity index (χ3v) is 5.15. The van der Waals surface area contributed by atoms with E-state index in [1.165, 1.54) is 12.3 Å². The molecule has 0 spiro atoms. The number of carbonyl (C=O) groups is 1. The maximum Gasteiger partial charge on any atom is 0.324 e. The van der Waals surface area contributed by atoms with Crippen molar-refractivity contribution in [1.82, 2.24) is 10.4 Å². The Labute approximate surface area is 169 Å². The number of hydrogen-bond acceptors (Lipinski definition) is 6. The number of para-hydroxylation sites is 1. The number of rotatable bonds is 5. The highest BCUT2D eigenvalue weighted by atomic mass is 32.1. The molecule has 0 fully saturated rings. The Kier molecular flexibility index (Phi) is 5.08. The molecule has 0 atom stereocenters. The van der Waals surface area contributed by atoms with E-state index >= 15 is 0 Å². The van der Waals surface area contributed by atoms with E-state index in [1.807, 2.05) is 54.6 Å². The summed E-state index contributed by atoms with van der Waals surface area (Å²) < 4.78 is 0. The average Bonchev–Trinajstić information content (AvgIpc) is 3.23. The molecule has 4 rings (SSSR count). The number of nitrogens with zero attached hydrogens (tertiary/aromatic N) is 3. The van der Waals surface area contributed by atoms with E-state index in [2.05, 4.69) is 15.5 Å². The maximum atomic E-state index is 12.8. The molecule has 0 aliphatic heterocycles. The van der Waals surface area contributed by atoms with Gasteiger partial charge in [-0.2, -0.15) is 5.10 Å². The Bertz CT molecular complexity index is 1240. The number of thiophene rings is 1. The second-order valence-electron chi connectivity index (χ2n) is 6.07. The van der Waals surface area contributed by atoms with Gasteiger partial charge in [0.15, 0.2) is 0 Å². The molecule has 0 unspecified atom stereocenters. The van der Waals surface area contributed by atoms with Gasteiger partial charge in [0.1, 0.15) is 0 Å². The van der Waals surface area contributed by atoms with Gasteiger partial charge < -0.3 is 0 Å². The molecule has 1 amide bonds. The van der Waals surface area contributed by atoms with Crippen LogP contribution in [0.2, 0.25) is 0 Å². The number of benzene rings is 2. The van der Waals surface area contributed by atoms with Crippen LogP contribution in [0.1, 0.15) is 15.2 Å². The number of aromatic nitrogens is 1. The second-order valence-corrected chi connectivity index (χ2v) is 7.16. The van der Waals surface area contributed by atoms with Gasteiger partial charge in [-0.25, -0.2) is 10.4 Å². The van der Waals surface area contributed by atoms with Gasteiger partial charge in [0.05, 0.1) is 32.8 Å². The molecule has 2 heterocycles. The molecule has 0 bridgehead atoms. The lowest BCUT2D eigenvalue weighted by atomic mass is 10.0. The summed E-state index contributed by atoms with van der Waals surface area (Å²) in [4.78, 5) is 28.3. The number of hydrogen-bond donors (Lipinski definition) is 1. The summed E-state index contributed by atoms with van der Waals surface area (Å²) >= 11 is 0.981. The molecule has 7 nitrogen and oxygen atoms in total. The van der Waals surface area contributed by atoms with Crippen LogP contribution in [0, 0.1) is 10.1 Å². The van der Waals surface area contributed by atoms with Crippen LogP contribution >= 0.6 is 11.3 Å². The molecule has 0 radical (unpaired) electrons. The zero-order valence-electron chi connectivity index (χ0n) is 15.0. The van der Waals surface area contributed by atoms with Crippen molar-refractivity contribution in [2.45, 2.75) is 0 Å². The number of hydrazone groups is 1. The third kappa shape index (κ3) is 4.02. The van der Waals surface area contributed by atoms with E-state index in [1.54, 1.807) is 12.1 Å². The van der Waals surface area contributed by atoms with Crippen LogP contribution in [-0.4, -0.2) is 22.0 Å². The molecule has 29 heavy (non-hydrogen) atoms. The van der Waals surface area contributed by atoms with Crippen LogP contribution < -0.4 is 5.43 Å². The van der Waals surface area contributed by atoms with Crippen molar-refractivity contribution in [1.29, 1.82) is 0 Å². The minimum Gasteiger partial charge on any atom is -0.267 e. The van der Waals surface area contributed by atoms with Crippen LogP contribution in [-0.2, 0) is 0 Å². The summed E-state index contributed by atoms with van der Waals surface area (Å²) in [5, 5.41) is 15.4. The van der Waals surface area contributed by atoms with E-state index < -0.39 is 4.92 Å². The lowest BCUT2D eigenvalue weighted by molar-refractivity contribution is -0.380. The van der Waals surface area contributed by atoms with Gasteiger partial charge in [-0.15, -0.1) is 0 Å². The maximum absolute atomic E-state index is 12.8. The summed E-state index contributed by atoms with van der Waals surface area (Å²) in [7, 11) is 0. The molecule has 2 aromatic heterocycles. The van der Waals surface area contributed by atoms with Gasteiger partial charge >= 0.3 is 5.00 Å². The predicted octanol–water partition coefficient (Wildman–Crippen LogP) is 4.64. The first kappa shape index (κ1) is 18.5. The quantitative estimate of drug-likeness (QED) is 0.299. The van der Waals surface area contributed by atoms with Crippen LogP contribution in [0.3, 0.4) is 0 Å². The normalized spacial score (nSPS) is 11.0. The molecule has 8 heteroatoms. The summed E-state index contributed by atoms with van der Waals surface area (Å²) in [5.74, 6) is -0.386. The van der Waals surface area contributed by atoms with Gasteiger partial charge in [-0.1, -0.05) is 59.9 Å². The van der Waals surface area contributed by atoms with E-state index in [9.17, 15) is 14.9 Å². The van der Waals surface area contributed by atoms with Crippen molar-refractivity contribution in [3.63, 3.8) is 0 Å². The Morgan fingerprint density at radius 3 is 2.59 bits per heavy atom. The molecule has 0 aliphatic rings. The number of amides is 1. The van der Waals surface area contributed by atoms with E-state index in [0.29, 0.717) is 27.0 Å². The Morgan fingerprint density at radius 1 is 1.07 bits per heavy atom. The largest absolute Gasteiger partial charge is 0.324 e. The number of fused-ring (bicyclic) bond motifs is 1. The zero-order chi connectivity index (χ0) is 20.2. The van der Waals surface area contributed by atoms with Crippen LogP contribution in [0.4, 0.5) is 5.00 Å². The summed E-state index contributed by atoms with van der Waals surface area (Å²) in [6.07, 6.45) is 1.39. The lowest BCUT2D eigenvalue weighted by Crippen LogP contribution is -2.18. The number of pyridine rings is 1. The fourth-order valence-electron chi connectivity index (χ4n) is 2.84. The SMILES string of the molecule is O=C(NN=Cc1ccc([N+](=O)[O-])s1)c1cc(-c2ccccc2)nc2ccccc12. The minimum atomic E-state index is -0.463. The molecular weight excluding hydrogens is 388 g/mol. The highest BCUT2D eigenvalue weighted by Gasteiger charge is 2.14. The highest BCUT2D eigenvalue weighted by Crippen LogP contribution is 2.25. The second kappa shape index (κ2) is 7.99. The molecule has 0 saturated heterocycles. The first-order valence-corrected chi connectivity index (χ1v) is 9.46. The highest BCUT2D eigenvalue weighted by molar-refractivity contribution is 7.16. The Balaban J connectivity index is 1.64.